The van der Waals surface area contributed by atoms with E-state index in [1.807, 2.05) is 13.8 Å². The van der Waals surface area contributed by atoms with E-state index in [0.717, 1.165) is 49.4 Å². The van der Waals surface area contributed by atoms with E-state index in [4.69, 9.17) is 5.73 Å². The molecule has 0 aliphatic heterocycles. The highest BCUT2D eigenvalue weighted by Crippen LogP contribution is 2.38. The minimum absolute atomic E-state index is 0. The van der Waals surface area contributed by atoms with Crippen LogP contribution in [-0.4, -0.2) is 28.5 Å². The molecule has 0 saturated heterocycles. The first-order valence-electron chi connectivity index (χ1n) is 8.44. The van der Waals surface area contributed by atoms with E-state index in [-0.39, 0.29) is 24.4 Å². The maximum atomic E-state index is 12.6. The zero-order valence-electron chi connectivity index (χ0n) is 14.0. The maximum Gasteiger partial charge on any atom is 0.255 e. The monoisotopic (exact) mass is 338 g/mol. The number of rotatable bonds is 4. The SMILES string of the molecule is Cc1nc(C2CC2)nc(C)c1C(=O)NC1CCC(CN)CC1.Cl. The number of carbonyl (C=O) groups is 1. The third kappa shape index (κ3) is 4.21. The van der Waals surface area contributed by atoms with E-state index in [1.165, 1.54) is 12.8 Å². The Labute approximate surface area is 144 Å². The summed E-state index contributed by atoms with van der Waals surface area (Å²) in [5.74, 6) is 2.03. The average Bonchev–Trinajstić information content (AvgIpc) is 3.32. The van der Waals surface area contributed by atoms with Gasteiger partial charge in [0, 0.05) is 12.0 Å². The van der Waals surface area contributed by atoms with Crippen molar-refractivity contribution in [1.29, 1.82) is 0 Å². The summed E-state index contributed by atoms with van der Waals surface area (Å²) in [6.45, 7) is 4.59. The predicted molar refractivity (Wildman–Crippen MR) is 93.0 cm³/mol. The predicted octanol–water partition coefficient (Wildman–Crippen LogP) is 2.64. The van der Waals surface area contributed by atoms with Crippen molar-refractivity contribution in [3.05, 3.63) is 22.8 Å². The minimum Gasteiger partial charge on any atom is -0.349 e. The van der Waals surface area contributed by atoms with Gasteiger partial charge >= 0.3 is 0 Å². The lowest BCUT2D eigenvalue weighted by atomic mass is 9.86. The molecule has 0 bridgehead atoms. The molecule has 0 atom stereocenters. The molecule has 1 aromatic heterocycles. The van der Waals surface area contributed by atoms with Gasteiger partial charge in [-0.05, 0) is 64.8 Å². The first-order valence-corrected chi connectivity index (χ1v) is 8.44. The van der Waals surface area contributed by atoms with Crippen molar-refractivity contribution < 1.29 is 4.79 Å². The molecule has 2 aliphatic rings. The van der Waals surface area contributed by atoms with Crippen LogP contribution in [0.5, 0.6) is 0 Å². The summed E-state index contributed by atoms with van der Waals surface area (Å²) in [5.41, 5.74) is 7.99. The summed E-state index contributed by atoms with van der Waals surface area (Å²) < 4.78 is 0. The van der Waals surface area contributed by atoms with Gasteiger partial charge in [0.05, 0.1) is 17.0 Å². The van der Waals surface area contributed by atoms with Crippen molar-refractivity contribution in [1.82, 2.24) is 15.3 Å². The molecule has 128 valence electrons. The quantitative estimate of drug-likeness (QED) is 0.884. The first kappa shape index (κ1) is 18.1. The number of nitrogens with one attached hydrogen (secondary N) is 1. The van der Waals surface area contributed by atoms with E-state index < -0.39 is 0 Å². The van der Waals surface area contributed by atoms with Crippen molar-refractivity contribution in [3.63, 3.8) is 0 Å². The Kier molecular flexibility index (Phi) is 5.98. The number of aryl methyl sites for hydroxylation is 2. The lowest BCUT2D eigenvalue weighted by Crippen LogP contribution is -2.39. The molecule has 2 saturated carbocycles. The van der Waals surface area contributed by atoms with Crippen LogP contribution in [0.4, 0.5) is 0 Å². The van der Waals surface area contributed by atoms with Gasteiger partial charge in [-0.2, -0.15) is 0 Å². The van der Waals surface area contributed by atoms with Crippen LogP contribution in [0, 0.1) is 19.8 Å². The van der Waals surface area contributed by atoms with Gasteiger partial charge < -0.3 is 11.1 Å². The van der Waals surface area contributed by atoms with Gasteiger partial charge in [-0.3, -0.25) is 4.79 Å². The average molecular weight is 339 g/mol. The second-order valence-electron chi connectivity index (χ2n) is 6.83. The Bertz CT molecular complexity index is 543. The standard InChI is InChI=1S/C17H26N4O.ClH/c1-10-15(11(2)20-16(19-10)13-5-6-13)17(22)21-14-7-3-12(9-18)4-8-14;/h12-14H,3-9,18H2,1-2H3,(H,21,22);1H. The molecule has 0 spiro atoms. The first-order chi connectivity index (χ1) is 10.6. The van der Waals surface area contributed by atoms with E-state index in [1.54, 1.807) is 0 Å². The fraction of sp³-hybridized carbons (Fsp3) is 0.706. The second kappa shape index (κ2) is 7.58. The van der Waals surface area contributed by atoms with Crippen LogP contribution in [0.25, 0.3) is 0 Å². The van der Waals surface area contributed by atoms with E-state index in [2.05, 4.69) is 15.3 Å². The zero-order valence-corrected chi connectivity index (χ0v) is 14.8. The summed E-state index contributed by atoms with van der Waals surface area (Å²) in [7, 11) is 0. The highest BCUT2D eigenvalue weighted by Gasteiger charge is 2.29. The van der Waals surface area contributed by atoms with Crippen LogP contribution in [0.15, 0.2) is 0 Å². The number of aromatic nitrogens is 2. The van der Waals surface area contributed by atoms with Crippen LogP contribution in [0.1, 0.15) is 72.0 Å². The van der Waals surface area contributed by atoms with Gasteiger partial charge in [-0.1, -0.05) is 0 Å². The Morgan fingerprint density at radius 1 is 1.09 bits per heavy atom. The van der Waals surface area contributed by atoms with Crippen molar-refractivity contribution >= 4 is 18.3 Å². The molecule has 2 aliphatic carbocycles. The summed E-state index contributed by atoms with van der Waals surface area (Å²) in [4.78, 5) is 21.7. The van der Waals surface area contributed by atoms with Crippen LogP contribution in [0.2, 0.25) is 0 Å². The summed E-state index contributed by atoms with van der Waals surface area (Å²) in [6.07, 6.45) is 6.61. The van der Waals surface area contributed by atoms with Crippen molar-refractivity contribution in [3.8, 4) is 0 Å². The van der Waals surface area contributed by atoms with E-state index in [0.29, 0.717) is 17.4 Å². The molecule has 3 N–H and O–H groups in total. The number of halogens is 1. The molecule has 5 nitrogen and oxygen atoms in total. The number of carbonyl (C=O) groups excluding carboxylic acids is 1. The molecule has 1 aromatic rings. The molecule has 1 amide bonds. The maximum absolute atomic E-state index is 12.6. The number of hydrogen-bond acceptors (Lipinski definition) is 4. The lowest BCUT2D eigenvalue weighted by molar-refractivity contribution is 0.0920. The molecular weight excluding hydrogens is 312 g/mol. The normalized spacial score (nSPS) is 24.0. The molecule has 23 heavy (non-hydrogen) atoms. The summed E-state index contributed by atoms with van der Waals surface area (Å²) in [6, 6.07) is 0.261. The van der Waals surface area contributed by atoms with Gasteiger partial charge in [0.1, 0.15) is 5.82 Å². The van der Waals surface area contributed by atoms with Gasteiger partial charge in [0.2, 0.25) is 0 Å². The Morgan fingerprint density at radius 2 is 1.65 bits per heavy atom. The Balaban J connectivity index is 0.00000192. The van der Waals surface area contributed by atoms with Gasteiger partial charge in [-0.25, -0.2) is 9.97 Å². The molecular formula is C17H27ClN4O. The second-order valence-corrected chi connectivity index (χ2v) is 6.83. The van der Waals surface area contributed by atoms with Crippen molar-refractivity contribution in [2.75, 3.05) is 6.54 Å². The highest BCUT2D eigenvalue weighted by molar-refractivity contribution is 5.96. The third-order valence-electron chi connectivity index (χ3n) is 4.97. The third-order valence-corrected chi connectivity index (χ3v) is 4.97. The van der Waals surface area contributed by atoms with Crippen LogP contribution < -0.4 is 11.1 Å². The Morgan fingerprint density at radius 3 is 2.13 bits per heavy atom. The Hall–Kier alpha value is -1.20. The molecule has 0 unspecified atom stereocenters. The van der Waals surface area contributed by atoms with Gasteiger partial charge in [0.25, 0.3) is 5.91 Å². The van der Waals surface area contributed by atoms with Crippen molar-refractivity contribution in [2.24, 2.45) is 11.7 Å². The molecule has 0 radical (unpaired) electrons. The van der Waals surface area contributed by atoms with Gasteiger partial charge in [0.15, 0.2) is 0 Å². The molecule has 0 aromatic carbocycles. The lowest BCUT2D eigenvalue weighted by Gasteiger charge is -2.28. The fourth-order valence-corrected chi connectivity index (χ4v) is 3.40. The molecule has 6 heteroatoms. The van der Waals surface area contributed by atoms with Crippen molar-refractivity contribution in [2.45, 2.75) is 64.3 Å². The number of hydrogen-bond donors (Lipinski definition) is 2. The highest BCUT2D eigenvalue weighted by atomic mass is 35.5. The van der Waals surface area contributed by atoms with E-state index in [9.17, 15) is 4.79 Å². The fourth-order valence-electron chi connectivity index (χ4n) is 3.40. The molecule has 3 rings (SSSR count). The minimum atomic E-state index is -0.0199. The zero-order chi connectivity index (χ0) is 15.7. The summed E-state index contributed by atoms with van der Waals surface area (Å²) >= 11 is 0. The van der Waals surface area contributed by atoms with Gasteiger partial charge in [-0.15, -0.1) is 12.4 Å². The summed E-state index contributed by atoms with van der Waals surface area (Å²) in [5, 5.41) is 3.17. The number of nitrogens with two attached hydrogens (primary N) is 1. The van der Waals surface area contributed by atoms with Crippen LogP contribution in [-0.2, 0) is 0 Å². The largest absolute Gasteiger partial charge is 0.349 e. The topological polar surface area (TPSA) is 80.9 Å². The van der Waals surface area contributed by atoms with E-state index >= 15 is 0 Å². The van der Waals surface area contributed by atoms with Crippen LogP contribution in [0.3, 0.4) is 0 Å². The smallest absolute Gasteiger partial charge is 0.255 e. The molecule has 2 fully saturated rings. The number of nitrogens with zero attached hydrogens (tertiary/aromatic N) is 2. The molecule has 1 heterocycles. The number of amides is 1. The van der Waals surface area contributed by atoms with Crippen LogP contribution >= 0.6 is 12.4 Å².